The molecular weight excluding hydrogens is 288 g/mol. The number of hydrogen-bond donors (Lipinski definition) is 2. The van der Waals surface area contributed by atoms with Crippen LogP contribution in [0.3, 0.4) is 0 Å². The van der Waals surface area contributed by atoms with Crippen LogP contribution in [0, 0.1) is 0 Å². The number of nitrogens with one attached hydrogen (secondary N) is 1. The summed E-state index contributed by atoms with van der Waals surface area (Å²) >= 11 is 0. The van der Waals surface area contributed by atoms with Crippen LogP contribution in [-0.4, -0.2) is 44.1 Å². The van der Waals surface area contributed by atoms with Gasteiger partial charge in [0.25, 0.3) is 0 Å². The van der Waals surface area contributed by atoms with E-state index in [2.05, 4.69) is 5.32 Å². The molecule has 0 fully saturated rings. The lowest BCUT2D eigenvalue weighted by molar-refractivity contribution is 0.253. The molecule has 0 saturated carbocycles. The minimum Gasteiger partial charge on any atom is -0.395 e. The van der Waals surface area contributed by atoms with Crippen molar-refractivity contribution in [2.45, 2.75) is 38.1 Å². The lowest BCUT2D eigenvalue weighted by atomic mass is 10.1. The van der Waals surface area contributed by atoms with Gasteiger partial charge in [0.1, 0.15) is 0 Å². The van der Waals surface area contributed by atoms with Gasteiger partial charge in [0.05, 0.1) is 11.5 Å². The molecule has 0 aromatic heterocycles. The van der Waals surface area contributed by atoms with Gasteiger partial charge >= 0.3 is 0 Å². The van der Waals surface area contributed by atoms with Crippen LogP contribution < -0.4 is 5.32 Å². The molecule has 0 aliphatic heterocycles. The molecule has 2 N–H and O–H groups in total. The second kappa shape index (κ2) is 8.48. The fraction of sp³-hybridized carbons (Fsp3) is 0.600. The van der Waals surface area contributed by atoms with Crippen LogP contribution in [0.5, 0.6) is 0 Å². The van der Waals surface area contributed by atoms with E-state index >= 15 is 0 Å². The lowest BCUT2D eigenvalue weighted by Crippen LogP contribution is -2.34. The van der Waals surface area contributed by atoms with Gasteiger partial charge in [-0.05, 0) is 37.6 Å². The highest BCUT2D eigenvalue weighted by Gasteiger charge is 2.23. The van der Waals surface area contributed by atoms with Crippen LogP contribution in [0.4, 0.5) is 0 Å². The SMILES string of the molecule is CCCN(CCO)S(=O)(=O)c1ccc(C(C)NCC)cc1. The molecule has 5 nitrogen and oxygen atoms in total. The van der Waals surface area contributed by atoms with E-state index in [1.54, 1.807) is 12.1 Å². The summed E-state index contributed by atoms with van der Waals surface area (Å²) < 4.78 is 26.4. The number of benzene rings is 1. The molecule has 1 aromatic rings. The van der Waals surface area contributed by atoms with Crippen LogP contribution >= 0.6 is 0 Å². The Kier molecular flexibility index (Phi) is 7.31. The van der Waals surface area contributed by atoms with Crippen molar-refractivity contribution in [3.05, 3.63) is 29.8 Å². The quantitative estimate of drug-likeness (QED) is 0.728. The number of rotatable bonds is 9. The van der Waals surface area contributed by atoms with E-state index in [-0.39, 0.29) is 24.1 Å². The van der Waals surface area contributed by atoms with Crippen molar-refractivity contribution in [2.75, 3.05) is 26.2 Å². The van der Waals surface area contributed by atoms with Crippen molar-refractivity contribution in [3.8, 4) is 0 Å². The largest absolute Gasteiger partial charge is 0.395 e. The summed E-state index contributed by atoms with van der Waals surface area (Å²) in [7, 11) is -3.53. The molecule has 0 aliphatic rings. The van der Waals surface area contributed by atoms with Crippen molar-refractivity contribution in [1.29, 1.82) is 0 Å². The summed E-state index contributed by atoms with van der Waals surface area (Å²) in [5.74, 6) is 0. The summed E-state index contributed by atoms with van der Waals surface area (Å²) in [5, 5.41) is 12.3. The minimum absolute atomic E-state index is 0.131. The third-order valence-electron chi connectivity index (χ3n) is 3.35. The summed E-state index contributed by atoms with van der Waals surface area (Å²) in [6, 6.07) is 7.14. The van der Waals surface area contributed by atoms with Crippen LogP contribution in [-0.2, 0) is 10.0 Å². The maximum Gasteiger partial charge on any atom is 0.243 e. The lowest BCUT2D eigenvalue weighted by Gasteiger charge is -2.21. The van der Waals surface area contributed by atoms with Gasteiger partial charge in [-0.15, -0.1) is 0 Å². The molecule has 0 aliphatic carbocycles. The fourth-order valence-electron chi connectivity index (χ4n) is 2.21. The van der Waals surface area contributed by atoms with Crippen molar-refractivity contribution in [1.82, 2.24) is 9.62 Å². The van der Waals surface area contributed by atoms with E-state index in [0.29, 0.717) is 6.54 Å². The zero-order valence-electron chi connectivity index (χ0n) is 13.0. The summed E-state index contributed by atoms with van der Waals surface area (Å²) in [4.78, 5) is 0.275. The zero-order chi connectivity index (χ0) is 15.9. The third-order valence-corrected chi connectivity index (χ3v) is 5.26. The van der Waals surface area contributed by atoms with Crippen LogP contribution in [0.15, 0.2) is 29.2 Å². The monoisotopic (exact) mass is 314 g/mol. The number of sulfonamides is 1. The van der Waals surface area contributed by atoms with Crippen molar-refractivity contribution in [3.63, 3.8) is 0 Å². The first-order valence-corrected chi connectivity index (χ1v) is 8.85. The molecule has 0 bridgehead atoms. The number of nitrogens with zero attached hydrogens (tertiary/aromatic N) is 1. The van der Waals surface area contributed by atoms with E-state index < -0.39 is 10.0 Å². The number of aliphatic hydroxyl groups excluding tert-OH is 1. The van der Waals surface area contributed by atoms with Crippen molar-refractivity contribution >= 4 is 10.0 Å². The van der Waals surface area contributed by atoms with Gasteiger partial charge in [-0.2, -0.15) is 4.31 Å². The van der Waals surface area contributed by atoms with Gasteiger partial charge in [-0.1, -0.05) is 26.0 Å². The Bertz CT molecular complexity index is 508. The van der Waals surface area contributed by atoms with Gasteiger partial charge in [-0.3, -0.25) is 0 Å². The second-order valence-electron chi connectivity index (χ2n) is 4.98. The van der Waals surface area contributed by atoms with Gasteiger partial charge < -0.3 is 10.4 Å². The van der Waals surface area contributed by atoms with Crippen molar-refractivity contribution in [2.24, 2.45) is 0 Å². The third kappa shape index (κ3) is 4.78. The van der Waals surface area contributed by atoms with Crippen LogP contribution in [0.1, 0.15) is 38.8 Å². The van der Waals surface area contributed by atoms with Crippen LogP contribution in [0.2, 0.25) is 0 Å². The van der Waals surface area contributed by atoms with E-state index in [4.69, 9.17) is 5.11 Å². The fourth-order valence-corrected chi connectivity index (χ4v) is 3.74. The molecule has 0 heterocycles. The predicted molar refractivity (Wildman–Crippen MR) is 84.7 cm³/mol. The molecule has 6 heteroatoms. The molecule has 1 aromatic carbocycles. The second-order valence-corrected chi connectivity index (χ2v) is 6.91. The molecule has 1 unspecified atom stereocenters. The molecule has 1 atom stereocenters. The van der Waals surface area contributed by atoms with Gasteiger partial charge in [0.15, 0.2) is 0 Å². The predicted octanol–water partition coefficient (Wildman–Crippen LogP) is 1.75. The smallest absolute Gasteiger partial charge is 0.243 e. The Morgan fingerprint density at radius 1 is 1.19 bits per heavy atom. The number of aliphatic hydroxyl groups is 1. The summed E-state index contributed by atoms with van der Waals surface area (Å²) in [5.41, 5.74) is 1.06. The van der Waals surface area contributed by atoms with E-state index in [9.17, 15) is 8.42 Å². The zero-order valence-corrected chi connectivity index (χ0v) is 13.9. The van der Waals surface area contributed by atoms with Gasteiger partial charge in [0.2, 0.25) is 10.0 Å². The standard InChI is InChI=1S/C15H26N2O3S/c1-4-10-17(11-12-18)21(19,20)15-8-6-14(7-9-15)13(3)16-5-2/h6-9,13,16,18H,4-5,10-12H2,1-3H3. The highest BCUT2D eigenvalue weighted by atomic mass is 32.2. The molecule has 120 valence electrons. The summed E-state index contributed by atoms with van der Waals surface area (Å²) in [6.07, 6.45) is 0.717. The molecule has 21 heavy (non-hydrogen) atoms. The normalized spacial score (nSPS) is 13.6. The number of hydrogen-bond acceptors (Lipinski definition) is 4. The van der Waals surface area contributed by atoms with E-state index in [1.807, 2.05) is 32.9 Å². The molecule has 0 spiro atoms. The molecule has 1 rings (SSSR count). The topological polar surface area (TPSA) is 69.6 Å². The Morgan fingerprint density at radius 3 is 2.29 bits per heavy atom. The first-order chi connectivity index (χ1) is 9.97. The Morgan fingerprint density at radius 2 is 1.81 bits per heavy atom. The molecule has 0 saturated heterocycles. The van der Waals surface area contributed by atoms with Crippen molar-refractivity contribution < 1.29 is 13.5 Å². The minimum atomic E-state index is -3.53. The Hall–Kier alpha value is -0.950. The maximum atomic E-state index is 12.5. The average molecular weight is 314 g/mol. The molecule has 0 radical (unpaired) electrons. The highest BCUT2D eigenvalue weighted by molar-refractivity contribution is 7.89. The van der Waals surface area contributed by atoms with Gasteiger partial charge in [-0.25, -0.2) is 8.42 Å². The highest BCUT2D eigenvalue weighted by Crippen LogP contribution is 2.19. The first kappa shape index (κ1) is 18.1. The maximum absolute atomic E-state index is 12.5. The first-order valence-electron chi connectivity index (χ1n) is 7.41. The Labute approximate surface area is 128 Å². The van der Waals surface area contributed by atoms with Gasteiger partial charge in [0, 0.05) is 19.1 Å². The molecule has 0 amide bonds. The molecular formula is C15H26N2O3S. The van der Waals surface area contributed by atoms with Crippen LogP contribution in [0.25, 0.3) is 0 Å². The van der Waals surface area contributed by atoms with E-state index in [0.717, 1.165) is 18.5 Å². The Balaban J connectivity index is 2.97. The summed E-state index contributed by atoms with van der Waals surface area (Å²) in [6.45, 7) is 7.23. The van der Waals surface area contributed by atoms with E-state index in [1.165, 1.54) is 4.31 Å². The average Bonchev–Trinajstić information content (AvgIpc) is 2.47.